The van der Waals surface area contributed by atoms with Crippen molar-refractivity contribution >= 4 is 11.9 Å². The lowest BCUT2D eigenvalue weighted by molar-refractivity contribution is -0.150. The number of rotatable bonds is 3. The van der Waals surface area contributed by atoms with Gasteiger partial charge in [-0.15, -0.1) is 0 Å². The molecular formula is C10H16O4. The van der Waals surface area contributed by atoms with Gasteiger partial charge in [-0.25, -0.2) is 0 Å². The van der Waals surface area contributed by atoms with Crippen LogP contribution in [-0.4, -0.2) is 24.2 Å². The van der Waals surface area contributed by atoms with Gasteiger partial charge in [0.15, 0.2) is 0 Å². The molecule has 14 heavy (non-hydrogen) atoms. The zero-order valence-corrected chi connectivity index (χ0v) is 8.36. The second-order valence-electron chi connectivity index (χ2n) is 3.77. The summed E-state index contributed by atoms with van der Waals surface area (Å²) >= 11 is 0. The molecule has 1 fully saturated rings. The zero-order chi connectivity index (χ0) is 10.6. The van der Waals surface area contributed by atoms with E-state index in [1.165, 1.54) is 7.11 Å². The maximum absolute atomic E-state index is 11.3. The Morgan fingerprint density at radius 3 is 2.57 bits per heavy atom. The number of hydrogen-bond donors (Lipinski definition) is 1. The first kappa shape index (κ1) is 11.0. The van der Waals surface area contributed by atoms with Crippen LogP contribution in [0.15, 0.2) is 0 Å². The van der Waals surface area contributed by atoms with Crippen LogP contribution in [0.1, 0.15) is 32.1 Å². The van der Waals surface area contributed by atoms with E-state index in [0.717, 1.165) is 25.7 Å². The summed E-state index contributed by atoms with van der Waals surface area (Å²) in [4.78, 5) is 21.9. The van der Waals surface area contributed by atoms with E-state index in [9.17, 15) is 9.59 Å². The molecule has 1 rings (SSSR count). The zero-order valence-electron chi connectivity index (χ0n) is 8.36. The third-order valence-corrected chi connectivity index (χ3v) is 2.85. The summed E-state index contributed by atoms with van der Waals surface area (Å²) in [5.74, 6) is -1.32. The van der Waals surface area contributed by atoms with E-state index in [-0.39, 0.29) is 24.2 Å². The van der Waals surface area contributed by atoms with Crippen LogP contribution in [0.25, 0.3) is 0 Å². The first-order chi connectivity index (χ1) is 6.65. The van der Waals surface area contributed by atoms with Gasteiger partial charge in [-0.1, -0.05) is 12.8 Å². The first-order valence-corrected chi connectivity index (χ1v) is 4.94. The van der Waals surface area contributed by atoms with Gasteiger partial charge in [0.25, 0.3) is 0 Å². The van der Waals surface area contributed by atoms with Crippen molar-refractivity contribution in [1.82, 2.24) is 0 Å². The minimum Gasteiger partial charge on any atom is -0.481 e. The van der Waals surface area contributed by atoms with Crippen molar-refractivity contribution in [2.75, 3.05) is 7.11 Å². The fourth-order valence-corrected chi connectivity index (χ4v) is 2.14. The molecule has 1 N–H and O–H groups in total. The molecule has 4 heteroatoms. The summed E-state index contributed by atoms with van der Waals surface area (Å²) in [5, 5.41) is 8.69. The highest BCUT2D eigenvalue weighted by Gasteiger charge is 2.32. The summed E-state index contributed by atoms with van der Waals surface area (Å²) in [6, 6.07) is 0. The van der Waals surface area contributed by atoms with Crippen molar-refractivity contribution in [2.24, 2.45) is 11.8 Å². The highest BCUT2D eigenvalue weighted by Crippen LogP contribution is 2.33. The van der Waals surface area contributed by atoms with Gasteiger partial charge in [0, 0.05) is 6.42 Å². The first-order valence-electron chi connectivity index (χ1n) is 4.94. The van der Waals surface area contributed by atoms with Gasteiger partial charge in [0.05, 0.1) is 13.0 Å². The van der Waals surface area contributed by atoms with Crippen LogP contribution in [0.4, 0.5) is 0 Å². The second kappa shape index (κ2) is 4.98. The molecule has 1 aliphatic rings. The third kappa shape index (κ3) is 2.72. The topological polar surface area (TPSA) is 63.6 Å². The van der Waals surface area contributed by atoms with E-state index < -0.39 is 5.97 Å². The lowest BCUT2D eigenvalue weighted by atomic mass is 9.77. The van der Waals surface area contributed by atoms with E-state index in [2.05, 4.69) is 4.74 Å². The predicted octanol–water partition coefficient (Wildman–Crippen LogP) is 1.44. The summed E-state index contributed by atoms with van der Waals surface area (Å²) in [7, 11) is 1.36. The van der Waals surface area contributed by atoms with Crippen LogP contribution in [0.3, 0.4) is 0 Å². The van der Waals surface area contributed by atoms with Gasteiger partial charge in [-0.3, -0.25) is 9.59 Å². The average molecular weight is 200 g/mol. The van der Waals surface area contributed by atoms with Crippen LogP contribution in [0, 0.1) is 11.8 Å². The standard InChI is InChI=1S/C10H16O4/c1-14-10(13)8-5-3-2-4-7(8)6-9(11)12/h7-8H,2-6H2,1H3,(H,11,12). The molecular weight excluding hydrogens is 184 g/mol. The van der Waals surface area contributed by atoms with Gasteiger partial charge >= 0.3 is 11.9 Å². The third-order valence-electron chi connectivity index (χ3n) is 2.85. The van der Waals surface area contributed by atoms with Gasteiger partial charge in [0.2, 0.25) is 0 Å². The van der Waals surface area contributed by atoms with E-state index in [1.54, 1.807) is 0 Å². The Kier molecular flexibility index (Phi) is 3.92. The number of esters is 1. The molecule has 4 nitrogen and oxygen atoms in total. The fourth-order valence-electron chi connectivity index (χ4n) is 2.14. The van der Waals surface area contributed by atoms with Gasteiger partial charge < -0.3 is 9.84 Å². The normalized spacial score (nSPS) is 26.9. The average Bonchev–Trinajstić information content (AvgIpc) is 2.16. The Morgan fingerprint density at radius 2 is 2.00 bits per heavy atom. The number of carboxylic acids is 1. The number of carboxylic acid groups (broad SMARTS) is 1. The molecule has 1 saturated carbocycles. The molecule has 80 valence electrons. The molecule has 1 aliphatic carbocycles. The van der Waals surface area contributed by atoms with Gasteiger partial charge in [-0.05, 0) is 18.8 Å². The SMILES string of the molecule is COC(=O)C1CCCCC1CC(=O)O. The van der Waals surface area contributed by atoms with Crippen LogP contribution in [0.5, 0.6) is 0 Å². The summed E-state index contributed by atoms with van der Waals surface area (Å²) in [6.45, 7) is 0. The Morgan fingerprint density at radius 1 is 1.36 bits per heavy atom. The minimum absolute atomic E-state index is 0.0336. The number of methoxy groups -OCH3 is 1. The Balaban J connectivity index is 2.58. The van der Waals surface area contributed by atoms with Crippen molar-refractivity contribution in [3.63, 3.8) is 0 Å². The molecule has 0 amide bonds. The molecule has 0 bridgehead atoms. The van der Waals surface area contributed by atoms with Gasteiger partial charge in [-0.2, -0.15) is 0 Å². The van der Waals surface area contributed by atoms with E-state index in [4.69, 9.17) is 5.11 Å². The maximum atomic E-state index is 11.3. The number of ether oxygens (including phenoxy) is 1. The molecule has 0 heterocycles. The number of carbonyl (C=O) groups is 2. The van der Waals surface area contributed by atoms with Gasteiger partial charge in [0.1, 0.15) is 0 Å². The summed E-state index contributed by atoms with van der Waals surface area (Å²) in [6.07, 6.45) is 3.69. The highest BCUT2D eigenvalue weighted by atomic mass is 16.5. The lowest BCUT2D eigenvalue weighted by Crippen LogP contribution is -2.29. The van der Waals surface area contributed by atoms with Crippen molar-refractivity contribution in [1.29, 1.82) is 0 Å². The van der Waals surface area contributed by atoms with Crippen molar-refractivity contribution in [3.8, 4) is 0 Å². The minimum atomic E-state index is -0.828. The lowest BCUT2D eigenvalue weighted by Gasteiger charge is -2.28. The summed E-state index contributed by atoms with van der Waals surface area (Å²) < 4.78 is 4.67. The van der Waals surface area contributed by atoms with Crippen molar-refractivity contribution in [2.45, 2.75) is 32.1 Å². The largest absolute Gasteiger partial charge is 0.481 e. The Labute approximate surface area is 83.2 Å². The molecule has 0 aromatic heterocycles. The van der Waals surface area contributed by atoms with Crippen molar-refractivity contribution < 1.29 is 19.4 Å². The van der Waals surface area contributed by atoms with E-state index in [0.29, 0.717) is 0 Å². The Bertz CT molecular complexity index is 224. The van der Waals surface area contributed by atoms with Crippen LogP contribution >= 0.6 is 0 Å². The number of carbonyl (C=O) groups excluding carboxylic acids is 1. The van der Waals surface area contributed by atoms with Crippen LogP contribution in [-0.2, 0) is 14.3 Å². The number of hydrogen-bond acceptors (Lipinski definition) is 3. The maximum Gasteiger partial charge on any atom is 0.308 e. The smallest absolute Gasteiger partial charge is 0.308 e. The number of aliphatic carboxylic acids is 1. The molecule has 2 atom stereocenters. The molecule has 0 aromatic carbocycles. The highest BCUT2D eigenvalue weighted by molar-refractivity contribution is 5.74. The molecule has 0 saturated heterocycles. The fraction of sp³-hybridized carbons (Fsp3) is 0.800. The molecule has 2 unspecified atom stereocenters. The summed E-state index contributed by atoms with van der Waals surface area (Å²) in [5.41, 5.74) is 0. The molecule has 0 radical (unpaired) electrons. The van der Waals surface area contributed by atoms with Crippen LogP contribution in [0.2, 0.25) is 0 Å². The van der Waals surface area contributed by atoms with Crippen molar-refractivity contribution in [3.05, 3.63) is 0 Å². The van der Waals surface area contributed by atoms with E-state index in [1.807, 2.05) is 0 Å². The molecule has 0 spiro atoms. The molecule has 0 aliphatic heterocycles. The Hall–Kier alpha value is -1.06. The second-order valence-corrected chi connectivity index (χ2v) is 3.77. The predicted molar refractivity (Wildman–Crippen MR) is 49.7 cm³/mol. The quantitative estimate of drug-likeness (QED) is 0.700. The molecule has 0 aromatic rings. The monoisotopic (exact) mass is 200 g/mol. The van der Waals surface area contributed by atoms with Crippen LogP contribution < -0.4 is 0 Å². The van der Waals surface area contributed by atoms with E-state index >= 15 is 0 Å².